The van der Waals surface area contributed by atoms with Crippen LogP contribution in [0.5, 0.6) is 0 Å². The van der Waals surface area contributed by atoms with Crippen LogP contribution in [0.25, 0.3) is 0 Å². The van der Waals surface area contributed by atoms with Crippen LogP contribution in [0.1, 0.15) is 13.8 Å². The molecule has 5 heteroatoms. The molecule has 0 aromatic heterocycles. The second kappa shape index (κ2) is 4.45. The van der Waals surface area contributed by atoms with Gasteiger partial charge in [-0.2, -0.15) is 0 Å². The Kier molecular flexibility index (Phi) is 3.28. The summed E-state index contributed by atoms with van der Waals surface area (Å²) in [7, 11) is 0. The van der Waals surface area contributed by atoms with Gasteiger partial charge in [-0.15, -0.1) is 0 Å². The van der Waals surface area contributed by atoms with Gasteiger partial charge in [0.15, 0.2) is 0 Å². The molecule has 1 atom stereocenters. The van der Waals surface area contributed by atoms with Crippen molar-refractivity contribution in [3.05, 3.63) is 24.2 Å². The second-order valence-corrected chi connectivity index (χ2v) is 2.56. The highest BCUT2D eigenvalue weighted by Crippen LogP contribution is 2.13. The lowest BCUT2D eigenvalue weighted by Crippen LogP contribution is -2.20. The summed E-state index contributed by atoms with van der Waals surface area (Å²) in [5.41, 5.74) is 0. The van der Waals surface area contributed by atoms with E-state index in [9.17, 15) is 9.59 Å². The van der Waals surface area contributed by atoms with Crippen molar-refractivity contribution in [1.29, 1.82) is 0 Å². The Hall–Kier alpha value is -1.78. The van der Waals surface area contributed by atoms with Gasteiger partial charge in [0, 0.05) is 19.9 Å². The van der Waals surface area contributed by atoms with Crippen LogP contribution in [0, 0.1) is 0 Å². The van der Waals surface area contributed by atoms with Gasteiger partial charge in [-0.3, -0.25) is 9.59 Å². The predicted octanol–water partition coefficient (Wildman–Crippen LogP) is 0.866. The maximum Gasteiger partial charge on any atom is 0.310 e. The number of esters is 2. The summed E-state index contributed by atoms with van der Waals surface area (Å²) in [6, 6.07) is 0. The third-order valence-electron chi connectivity index (χ3n) is 1.26. The summed E-state index contributed by atoms with van der Waals surface area (Å²) in [6.45, 7) is 2.52. The molecular formula is C9H10O5. The first kappa shape index (κ1) is 10.3. The number of hydrogen-bond donors (Lipinski definition) is 0. The average Bonchev–Trinajstić information content (AvgIpc) is 2.01. The first-order chi connectivity index (χ1) is 6.58. The van der Waals surface area contributed by atoms with E-state index >= 15 is 0 Å². The molecule has 0 radical (unpaired) electrons. The highest BCUT2D eigenvalue weighted by molar-refractivity contribution is 5.67. The zero-order valence-corrected chi connectivity index (χ0v) is 7.85. The molecule has 76 valence electrons. The molecular weight excluding hydrogens is 188 g/mol. The largest absolute Gasteiger partial charge is 0.421 e. The molecule has 0 aliphatic carbocycles. The smallest absolute Gasteiger partial charge is 0.310 e. The van der Waals surface area contributed by atoms with E-state index in [4.69, 9.17) is 9.47 Å². The van der Waals surface area contributed by atoms with Gasteiger partial charge in [-0.25, -0.2) is 0 Å². The van der Waals surface area contributed by atoms with Crippen LogP contribution in [0.15, 0.2) is 24.2 Å². The van der Waals surface area contributed by atoms with Crippen LogP contribution in [-0.4, -0.2) is 18.2 Å². The normalized spacial score (nSPS) is 19.3. The van der Waals surface area contributed by atoms with E-state index in [-0.39, 0.29) is 5.95 Å². The number of carbonyl (C=O) groups is 2. The minimum Gasteiger partial charge on any atom is -0.421 e. The Morgan fingerprint density at radius 3 is 2.64 bits per heavy atom. The molecule has 0 saturated carbocycles. The lowest BCUT2D eigenvalue weighted by molar-refractivity contribution is -0.171. The fourth-order valence-electron chi connectivity index (χ4n) is 0.845. The van der Waals surface area contributed by atoms with Gasteiger partial charge in [0.2, 0.25) is 0 Å². The summed E-state index contributed by atoms with van der Waals surface area (Å²) in [5, 5.41) is 0. The van der Waals surface area contributed by atoms with Crippen molar-refractivity contribution in [3.8, 4) is 0 Å². The molecule has 1 aliphatic heterocycles. The zero-order valence-electron chi connectivity index (χ0n) is 7.85. The Balaban J connectivity index is 2.50. The van der Waals surface area contributed by atoms with Crippen molar-refractivity contribution in [3.63, 3.8) is 0 Å². The van der Waals surface area contributed by atoms with Gasteiger partial charge in [-0.05, 0) is 6.08 Å². The second-order valence-electron chi connectivity index (χ2n) is 2.56. The minimum atomic E-state index is -0.827. The minimum absolute atomic E-state index is 0.0197. The number of rotatable bonds is 2. The molecule has 0 aromatic carbocycles. The Labute approximate surface area is 80.9 Å². The monoisotopic (exact) mass is 198 g/mol. The molecule has 1 unspecified atom stereocenters. The Morgan fingerprint density at radius 1 is 1.36 bits per heavy atom. The lowest BCUT2D eigenvalue weighted by atomic mass is 10.4. The molecule has 5 nitrogen and oxygen atoms in total. The molecule has 0 bridgehead atoms. The first-order valence-electron chi connectivity index (χ1n) is 3.98. The maximum absolute atomic E-state index is 10.6. The number of hydrogen-bond acceptors (Lipinski definition) is 5. The summed E-state index contributed by atoms with van der Waals surface area (Å²) >= 11 is 0. The summed E-state index contributed by atoms with van der Waals surface area (Å²) in [5.74, 6) is -0.942. The third-order valence-corrected chi connectivity index (χ3v) is 1.26. The van der Waals surface area contributed by atoms with Crippen molar-refractivity contribution in [2.45, 2.75) is 20.1 Å². The van der Waals surface area contributed by atoms with Crippen LogP contribution in [-0.2, 0) is 23.8 Å². The van der Waals surface area contributed by atoms with Crippen molar-refractivity contribution >= 4 is 11.9 Å². The van der Waals surface area contributed by atoms with Gasteiger partial charge in [-0.1, -0.05) is 6.08 Å². The van der Waals surface area contributed by atoms with E-state index in [1.54, 1.807) is 6.08 Å². The SMILES string of the molecule is CC(=O)OC1=CC=CC(OC(C)=O)O1. The van der Waals surface area contributed by atoms with Crippen LogP contribution in [0.4, 0.5) is 0 Å². The van der Waals surface area contributed by atoms with Crippen molar-refractivity contribution < 1.29 is 23.8 Å². The summed E-state index contributed by atoms with van der Waals surface area (Å²) in [6.07, 6.45) is 3.73. The Morgan fingerprint density at radius 2 is 2.07 bits per heavy atom. The number of allylic oxidation sites excluding steroid dienone is 2. The standard InChI is InChI=1S/C9H10O5/c1-6(10)12-8-4-3-5-9(14-8)13-7(2)11/h3-5,8H,1-2H3. The molecule has 0 fully saturated rings. The zero-order chi connectivity index (χ0) is 10.6. The highest BCUT2D eigenvalue weighted by atomic mass is 16.8. The van der Waals surface area contributed by atoms with Crippen LogP contribution in [0.3, 0.4) is 0 Å². The number of ether oxygens (including phenoxy) is 3. The fourth-order valence-corrected chi connectivity index (χ4v) is 0.845. The fraction of sp³-hybridized carbons (Fsp3) is 0.333. The molecule has 14 heavy (non-hydrogen) atoms. The van der Waals surface area contributed by atoms with Crippen LogP contribution < -0.4 is 0 Å². The van der Waals surface area contributed by atoms with Gasteiger partial charge in [0.05, 0.1) is 0 Å². The van der Waals surface area contributed by atoms with Gasteiger partial charge < -0.3 is 14.2 Å². The quantitative estimate of drug-likeness (QED) is 0.616. The summed E-state index contributed by atoms with van der Waals surface area (Å²) < 4.78 is 14.4. The van der Waals surface area contributed by atoms with E-state index in [0.29, 0.717) is 0 Å². The molecule has 0 N–H and O–H groups in total. The topological polar surface area (TPSA) is 61.8 Å². The molecule has 1 aliphatic rings. The third kappa shape index (κ3) is 3.30. The van der Waals surface area contributed by atoms with Crippen LogP contribution >= 0.6 is 0 Å². The molecule has 0 aromatic rings. The summed E-state index contributed by atoms with van der Waals surface area (Å²) in [4.78, 5) is 21.1. The lowest BCUT2D eigenvalue weighted by Gasteiger charge is -2.18. The van der Waals surface area contributed by atoms with Crippen LogP contribution in [0.2, 0.25) is 0 Å². The molecule has 0 saturated heterocycles. The van der Waals surface area contributed by atoms with Crippen molar-refractivity contribution in [2.24, 2.45) is 0 Å². The highest BCUT2D eigenvalue weighted by Gasteiger charge is 2.16. The van der Waals surface area contributed by atoms with Crippen molar-refractivity contribution in [1.82, 2.24) is 0 Å². The molecule has 1 rings (SSSR count). The van der Waals surface area contributed by atoms with Gasteiger partial charge in [0.1, 0.15) is 0 Å². The molecule has 0 amide bonds. The Bertz CT molecular complexity index is 302. The molecule has 0 spiro atoms. The predicted molar refractivity (Wildman–Crippen MR) is 45.6 cm³/mol. The van der Waals surface area contributed by atoms with E-state index < -0.39 is 18.2 Å². The van der Waals surface area contributed by atoms with Gasteiger partial charge >= 0.3 is 11.9 Å². The van der Waals surface area contributed by atoms with Gasteiger partial charge in [0.25, 0.3) is 12.2 Å². The van der Waals surface area contributed by atoms with E-state index in [1.807, 2.05) is 0 Å². The first-order valence-corrected chi connectivity index (χ1v) is 3.98. The maximum atomic E-state index is 10.6. The van der Waals surface area contributed by atoms with E-state index in [1.165, 1.54) is 26.0 Å². The number of carbonyl (C=O) groups excluding carboxylic acids is 2. The van der Waals surface area contributed by atoms with E-state index in [0.717, 1.165) is 0 Å². The average molecular weight is 198 g/mol. The van der Waals surface area contributed by atoms with E-state index in [2.05, 4.69) is 4.74 Å². The van der Waals surface area contributed by atoms with Crippen molar-refractivity contribution in [2.75, 3.05) is 0 Å². The molecule has 1 heterocycles.